The van der Waals surface area contributed by atoms with Crippen LogP contribution in [0.4, 0.5) is 0 Å². The van der Waals surface area contributed by atoms with Crippen LogP contribution in [0.25, 0.3) is 0 Å². The zero-order chi connectivity index (χ0) is 28.8. The van der Waals surface area contributed by atoms with Crippen molar-refractivity contribution in [3.63, 3.8) is 0 Å². The fourth-order valence-electron chi connectivity index (χ4n) is 6.30. The van der Waals surface area contributed by atoms with Gasteiger partial charge in [-0.1, -0.05) is 32.6 Å². The molecule has 1 aromatic carbocycles. The first-order chi connectivity index (χ1) is 19.2. The number of hydrogen-bond acceptors (Lipinski definition) is 9. The highest BCUT2D eigenvalue weighted by Gasteiger charge is 2.50. The first kappa shape index (κ1) is 30.9. The van der Waals surface area contributed by atoms with E-state index in [-0.39, 0.29) is 61.0 Å². The number of rotatable bonds is 11. The molecule has 2 N–H and O–H groups in total. The van der Waals surface area contributed by atoms with E-state index >= 15 is 0 Å². The molecular formula is C31H46O9. The summed E-state index contributed by atoms with van der Waals surface area (Å²) < 4.78 is 36.1. The van der Waals surface area contributed by atoms with Crippen molar-refractivity contribution in [1.29, 1.82) is 0 Å². The first-order valence-corrected chi connectivity index (χ1v) is 14.5. The van der Waals surface area contributed by atoms with Crippen LogP contribution < -0.4 is 4.74 Å². The summed E-state index contributed by atoms with van der Waals surface area (Å²) in [5.74, 6) is 0.759. The van der Waals surface area contributed by atoms with Crippen molar-refractivity contribution in [3.05, 3.63) is 42.0 Å². The molecule has 0 aromatic heterocycles. The summed E-state index contributed by atoms with van der Waals surface area (Å²) in [6.45, 7) is 8.95. The van der Waals surface area contributed by atoms with Crippen molar-refractivity contribution in [2.24, 2.45) is 11.8 Å². The summed E-state index contributed by atoms with van der Waals surface area (Å²) in [6.07, 6.45) is 0.443. The Morgan fingerprint density at radius 3 is 2.48 bits per heavy atom. The number of carbonyl (C=O) groups excluding carboxylic acids is 1. The van der Waals surface area contributed by atoms with E-state index in [0.29, 0.717) is 38.7 Å². The van der Waals surface area contributed by atoms with Crippen LogP contribution in [0.5, 0.6) is 5.75 Å². The number of aliphatic hydroxyl groups is 2. The first-order valence-electron chi connectivity index (χ1n) is 14.5. The molecule has 3 saturated heterocycles. The summed E-state index contributed by atoms with van der Waals surface area (Å²) >= 11 is 0. The number of fused-ring (bicyclic) bond motifs is 1. The lowest BCUT2D eigenvalue weighted by molar-refractivity contribution is -0.277. The quantitative estimate of drug-likeness (QED) is 0.309. The Morgan fingerprint density at radius 2 is 1.80 bits per heavy atom. The lowest BCUT2D eigenvalue weighted by Crippen LogP contribution is -2.61. The van der Waals surface area contributed by atoms with Gasteiger partial charge >= 0.3 is 5.97 Å². The van der Waals surface area contributed by atoms with Crippen molar-refractivity contribution in [2.45, 2.75) is 108 Å². The Morgan fingerprint density at radius 1 is 1.05 bits per heavy atom. The normalized spacial score (nSPS) is 36.1. The van der Waals surface area contributed by atoms with Gasteiger partial charge in [-0.3, -0.25) is 4.79 Å². The third-order valence-electron chi connectivity index (χ3n) is 8.73. The maximum absolute atomic E-state index is 11.7. The summed E-state index contributed by atoms with van der Waals surface area (Å²) in [5, 5.41) is 20.2. The summed E-state index contributed by atoms with van der Waals surface area (Å²) in [6, 6.07) is 7.78. The van der Waals surface area contributed by atoms with Crippen molar-refractivity contribution in [3.8, 4) is 5.75 Å². The molecule has 3 aliphatic rings. The molecule has 0 aliphatic carbocycles. The lowest BCUT2D eigenvalue weighted by Gasteiger charge is -2.51. The lowest BCUT2D eigenvalue weighted by atomic mass is 9.79. The molecule has 4 unspecified atom stereocenters. The molecule has 0 radical (unpaired) electrons. The minimum Gasteiger partial charge on any atom is -0.497 e. The SMILES string of the molecule is C=C1C(C[C@@H]2O[C@H]3CC(O)C(CCO)O[C@H]3[C@H](C)C2OCc2ccc(OC)cc2)O[C@@H](CCC(=O)OC)C[C@H]1C. The predicted molar refractivity (Wildman–Crippen MR) is 148 cm³/mol. The Kier molecular flexibility index (Phi) is 11.0. The van der Waals surface area contributed by atoms with Gasteiger partial charge in [0.05, 0.1) is 69.7 Å². The monoisotopic (exact) mass is 562 g/mol. The molecule has 9 nitrogen and oxygen atoms in total. The Labute approximate surface area is 237 Å². The molecule has 3 aliphatic heterocycles. The molecule has 0 amide bonds. The van der Waals surface area contributed by atoms with Crippen LogP contribution in [-0.2, 0) is 35.1 Å². The van der Waals surface area contributed by atoms with Crippen LogP contribution in [0.2, 0.25) is 0 Å². The Hall–Kier alpha value is -2.01. The van der Waals surface area contributed by atoms with Crippen LogP contribution in [0, 0.1) is 11.8 Å². The van der Waals surface area contributed by atoms with Gasteiger partial charge in [0.25, 0.3) is 0 Å². The highest BCUT2D eigenvalue weighted by molar-refractivity contribution is 5.69. The second kappa shape index (κ2) is 14.2. The van der Waals surface area contributed by atoms with Crippen molar-refractivity contribution in [1.82, 2.24) is 0 Å². The topological polar surface area (TPSA) is 113 Å². The Balaban J connectivity index is 1.50. The van der Waals surface area contributed by atoms with E-state index in [2.05, 4.69) is 20.4 Å². The average molecular weight is 563 g/mol. The molecular weight excluding hydrogens is 516 g/mol. The molecule has 224 valence electrons. The number of hydrogen-bond donors (Lipinski definition) is 2. The van der Waals surface area contributed by atoms with Gasteiger partial charge in [-0.25, -0.2) is 0 Å². The zero-order valence-corrected chi connectivity index (χ0v) is 24.2. The third-order valence-corrected chi connectivity index (χ3v) is 8.73. The van der Waals surface area contributed by atoms with Crippen molar-refractivity contribution < 1.29 is 43.4 Å². The molecule has 40 heavy (non-hydrogen) atoms. The van der Waals surface area contributed by atoms with Crippen LogP contribution in [0.1, 0.15) is 57.9 Å². The van der Waals surface area contributed by atoms with E-state index in [0.717, 1.165) is 23.3 Å². The molecule has 3 heterocycles. The van der Waals surface area contributed by atoms with Gasteiger partial charge in [0, 0.05) is 31.8 Å². The van der Waals surface area contributed by atoms with E-state index in [1.165, 1.54) is 7.11 Å². The van der Waals surface area contributed by atoms with Gasteiger partial charge in [-0.15, -0.1) is 0 Å². The van der Waals surface area contributed by atoms with Crippen LogP contribution in [0.15, 0.2) is 36.4 Å². The molecule has 3 fully saturated rings. The molecule has 1 aromatic rings. The average Bonchev–Trinajstić information content (AvgIpc) is 2.95. The maximum Gasteiger partial charge on any atom is 0.305 e. The number of ether oxygens (including phenoxy) is 6. The van der Waals surface area contributed by atoms with E-state index in [1.54, 1.807) is 7.11 Å². The highest BCUT2D eigenvalue weighted by atomic mass is 16.6. The van der Waals surface area contributed by atoms with Crippen molar-refractivity contribution in [2.75, 3.05) is 20.8 Å². The second-order valence-electron chi connectivity index (χ2n) is 11.5. The maximum atomic E-state index is 11.7. The largest absolute Gasteiger partial charge is 0.497 e. The molecule has 9 heteroatoms. The van der Waals surface area contributed by atoms with Gasteiger partial charge in [0.15, 0.2) is 0 Å². The van der Waals surface area contributed by atoms with E-state index in [4.69, 9.17) is 28.4 Å². The highest BCUT2D eigenvalue weighted by Crippen LogP contribution is 2.41. The van der Waals surface area contributed by atoms with Crippen molar-refractivity contribution >= 4 is 5.97 Å². The second-order valence-corrected chi connectivity index (χ2v) is 11.5. The number of carbonyl (C=O) groups is 1. The minimum absolute atomic E-state index is 0.0277. The molecule has 10 atom stereocenters. The summed E-state index contributed by atoms with van der Waals surface area (Å²) in [7, 11) is 3.04. The number of methoxy groups -OCH3 is 2. The molecule has 0 spiro atoms. The summed E-state index contributed by atoms with van der Waals surface area (Å²) in [5.41, 5.74) is 2.03. The van der Waals surface area contributed by atoms with E-state index in [1.807, 2.05) is 24.3 Å². The molecule has 4 rings (SSSR count). The van der Waals surface area contributed by atoms with Gasteiger partial charge in [0.1, 0.15) is 5.75 Å². The van der Waals surface area contributed by atoms with Gasteiger partial charge in [0.2, 0.25) is 0 Å². The third kappa shape index (κ3) is 7.43. The van der Waals surface area contributed by atoms with Gasteiger partial charge in [-0.05, 0) is 48.4 Å². The smallest absolute Gasteiger partial charge is 0.305 e. The van der Waals surface area contributed by atoms with Crippen LogP contribution >= 0.6 is 0 Å². The van der Waals surface area contributed by atoms with Crippen LogP contribution in [0.3, 0.4) is 0 Å². The standard InChI is InChI=1S/C31H46O9/c1-18-14-23(10-11-29(34)36-5)38-26(19(18)2)16-28-30(37-17-21-6-8-22(35-4)9-7-21)20(3)31-27(39-28)15-24(33)25(40-31)12-13-32/h6-9,18,20,23-28,30-33H,2,10-17H2,1,3-5H3/t18-,20-,23+,24?,25?,26?,27+,28+,30?,31+/m1/s1. The molecule has 0 saturated carbocycles. The van der Waals surface area contributed by atoms with E-state index < -0.39 is 12.2 Å². The Bertz CT molecular complexity index is 966. The van der Waals surface area contributed by atoms with Gasteiger partial charge in [-0.2, -0.15) is 0 Å². The van der Waals surface area contributed by atoms with Gasteiger partial charge < -0.3 is 38.6 Å². The number of benzene rings is 1. The minimum atomic E-state index is -0.707. The summed E-state index contributed by atoms with van der Waals surface area (Å²) in [4.78, 5) is 11.7. The molecule has 0 bridgehead atoms. The fraction of sp³-hybridized carbons (Fsp3) is 0.710. The van der Waals surface area contributed by atoms with Crippen LogP contribution in [-0.4, -0.2) is 85.8 Å². The number of esters is 1. The number of aliphatic hydroxyl groups excluding tert-OH is 2. The predicted octanol–water partition coefficient (Wildman–Crippen LogP) is 3.58. The zero-order valence-electron chi connectivity index (χ0n) is 24.2. The fourth-order valence-corrected chi connectivity index (χ4v) is 6.30. The van der Waals surface area contributed by atoms with E-state index in [9.17, 15) is 15.0 Å².